The van der Waals surface area contributed by atoms with Crippen molar-refractivity contribution < 1.29 is 9.90 Å². The van der Waals surface area contributed by atoms with Gasteiger partial charge in [-0.05, 0) is 19.8 Å². The molecule has 1 N–H and O–H groups in total. The van der Waals surface area contributed by atoms with E-state index < -0.39 is 5.97 Å². The molecule has 2 aromatic rings. The fourth-order valence-electron chi connectivity index (χ4n) is 2.14. The fraction of sp³-hybridized carbons (Fsp3) is 0.462. The van der Waals surface area contributed by atoms with E-state index in [0.717, 1.165) is 22.7 Å². The van der Waals surface area contributed by atoms with Gasteiger partial charge in [-0.15, -0.1) is 0 Å². The molecule has 0 fully saturated rings. The molecular weight excluding hydrogens is 230 g/mol. The van der Waals surface area contributed by atoms with Crippen molar-refractivity contribution in [1.29, 1.82) is 0 Å². The minimum Gasteiger partial charge on any atom is -0.481 e. The quantitative estimate of drug-likeness (QED) is 0.901. The van der Waals surface area contributed by atoms with Gasteiger partial charge in [0.2, 0.25) is 0 Å². The number of fused-ring (bicyclic) bond motifs is 1. The SMILES string of the molecule is Cc1nc2c(C(C)C)cnc(C)n2c1CC(=O)O. The molecule has 0 spiro atoms. The summed E-state index contributed by atoms with van der Waals surface area (Å²) >= 11 is 0. The number of hydrogen-bond donors (Lipinski definition) is 1. The van der Waals surface area contributed by atoms with E-state index in [-0.39, 0.29) is 6.42 Å². The Balaban J connectivity index is 2.77. The lowest BCUT2D eigenvalue weighted by atomic mass is 10.1. The van der Waals surface area contributed by atoms with Crippen LogP contribution in [0.5, 0.6) is 0 Å². The number of nitrogens with zero attached hydrogens (tertiary/aromatic N) is 3. The lowest BCUT2D eigenvalue weighted by molar-refractivity contribution is -0.136. The summed E-state index contributed by atoms with van der Waals surface area (Å²) in [6, 6.07) is 0. The molecule has 2 rings (SSSR count). The van der Waals surface area contributed by atoms with Crippen LogP contribution in [0.25, 0.3) is 5.65 Å². The Labute approximate surface area is 105 Å². The number of hydrogen-bond acceptors (Lipinski definition) is 3. The van der Waals surface area contributed by atoms with Crippen LogP contribution in [0.3, 0.4) is 0 Å². The Kier molecular flexibility index (Phi) is 3.07. The first kappa shape index (κ1) is 12.5. The Bertz CT molecular complexity index is 614. The maximum atomic E-state index is 10.9. The Morgan fingerprint density at radius 1 is 1.44 bits per heavy atom. The van der Waals surface area contributed by atoms with Crippen LogP contribution >= 0.6 is 0 Å². The van der Waals surface area contributed by atoms with Crippen LogP contribution in [0.15, 0.2) is 6.20 Å². The number of aryl methyl sites for hydroxylation is 2. The molecule has 0 radical (unpaired) electrons. The van der Waals surface area contributed by atoms with Crippen LogP contribution in [0.1, 0.15) is 42.5 Å². The first-order valence-corrected chi connectivity index (χ1v) is 5.97. The van der Waals surface area contributed by atoms with Crippen LogP contribution in [-0.2, 0) is 11.2 Å². The third-order valence-corrected chi connectivity index (χ3v) is 3.09. The first-order valence-electron chi connectivity index (χ1n) is 5.97. The molecule has 0 aliphatic rings. The van der Waals surface area contributed by atoms with Gasteiger partial charge in [-0.1, -0.05) is 13.8 Å². The van der Waals surface area contributed by atoms with E-state index in [9.17, 15) is 4.79 Å². The van der Waals surface area contributed by atoms with E-state index >= 15 is 0 Å². The van der Waals surface area contributed by atoms with Crippen LogP contribution in [0.4, 0.5) is 0 Å². The predicted molar refractivity (Wildman–Crippen MR) is 67.9 cm³/mol. The summed E-state index contributed by atoms with van der Waals surface area (Å²) in [5, 5.41) is 8.98. The summed E-state index contributed by atoms with van der Waals surface area (Å²) in [7, 11) is 0. The Morgan fingerprint density at radius 3 is 2.67 bits per heavy atom. The highest BCUT2D eigenvalue weighted by molar-refractivity contribution is 5.71. The number of rotatable bonds is 3. The molecular formula is C13H17N3O2. The number of aromatic nitrogens is 3. The van der Waals surface area contributed by atoms with E-state index in [1.165, 1.54) is 0 Å². The molecule has 0 aliphatic heterocycles. The van der Waals surface area contributed by atoms with Gasteiger partial charge in [0, 0.05) is 11.8 Å². The van der Waals surface area contributed by atoms with Crippen molar-refractivity contribution in [3.63, 3.8) is 0 Å². The smallest absolute Gasteiger partial charge is 0.309 e. The van der Waals surface area contributed by atoms with Crippen LogP contribution < -0.4 is 0 Å². The predicted octanol–water partition coefficient (Wildman–Crippen LogP) is 2.10. The highest BCUT2D eigenvalue weighted by Crippen LogP contribution is 2.23. The second-order valence-electron chi connectivity index (χ2n) is 4.79. The van der Waals surface area contributed by atoms with Crippen LogP contribution in [-0.4, -0.2) is 25.4 Å². The molecule has 0 aromatic carbocycles. The zero-order chi connectivity index (χ0) is 13.4. The lowest BCUT2D eigenvalue weighted by Gasteiger charge is -2.09. The Morgan fingerprint density at radius 2 is 2.11 bits per heavy atom. The summed E-state index contributed by atoms with van der Waals surface area (Å²) < 4.78 is 1.86. The third kappa shape index (κ3) is 1.96. The molecule has 0 saturated carbocycles. The normalized spacial score (nSPS) is 11.4. The van der Waals surface area contributed by atoms with Gasteiger partial charge in [0.05, 0.1) is 17.8 Å². The number of carbonyl (C=O) groups is 1. The van der Waals surface area contributed by atoms with Crippen molar-refractivity contribution in [2.75, 3.05) is 0 Å². The zero-order valence-corrected chi connectivity index (χ0v) is 11.1. The molecule has 0 unspecified atom stereocenters. The number of carboxylic acids is 1. The monoisotopic (exact) mass is 247 g/mol. The van der Waals surface area contributed by atoms with Gasteiger partial charge in [0.25, 0.3) is 0 Å². The van der Waals surface area contributed by atoms with Gasteiger partial charge in [-0.25, -0.2) is 9.97 Å². The summed E-state index contributed by atoms with van der Waals surface area (Å²) in [4.78, 5) is 19.8. The van der Waals surface area contributed by atoms with E-state index in [4.69, 9.17) is 5.11 Å². The maximum Gasteiger partial charge on any atom is 0.309 e. The highest BCUT2D eigenvalue weighted by Gasteiger charge is 2.17. The first-order chi connectivity index (χ1) is 8.41. The summed E-state index contributed by atoms with van der Waals surface area (Å²) in [5.74, 6) is 0.223. The van der Waals surface area contributed by atoms with Crippen molar-refractivity contribution in [2.24, 2.45) is 0 Å². The molecule has 0 aliphatic carbocycles. The topological polar surface area (TPSA) is 67.5 Å². The molecule has 2 aromatic heterocycles. The minimum absolute atomic E-state index is 0.0307. The summed E-state index contributed by atoms with van der Waals surface area (Å²) in [6.07, 6.45) is 1.80. The molecule has 0 bridgehead atoms. The number of aliphatic carboxylic acids is 1. The third-order valence-electron chi connectivity index (χ3n) is 3.09. The lowest BCUT2D eigenvalue weighted by Crippen LogP contribution is -2.08. The van der Waals surface area contributed by atoms with Gasteiger partial charge in [0.15, 0.2) is 0 Å². The molecule has 2 heterocycles. The second kappa shape index (κ2) is 4.40. The van der Waals surface area contributed by atoms with Gasteiger partial charge in [0.1, 0.15) is 11.5 Å². The molecule has 18 heavy (non-hydrogen) atoms. The molecule has 96 valence electrons. The van der Waals surface area contributed by atoms with E-state index in [2.05, 4.69) is 23.8 Å². The van der Waals surface area contributed by atoms with Crippen molar-refractivity contribution in [2.45, 2.75) is 40.0 Å². The van der Waals surface area contributed by atoms with Gasteiger partial charge >= 0.3 is 5.97 Å². The average molecular weight is 247 g/mol. The number of carboxylic acid groups (broad SMARTS) is 1. The molecule has 0 saturated heterocycles. The van der Waals surface area contributed by atoms with Crippen molar-refractivity contribution in [3.8, 4) is 0 Å². The van der Waals surface area contributed by atoms with Gasteiger partial charge < -0.3 is 5.11 Å². The average Bonchev–Trinajstić information content (AvgIpc) is 2.56. The second-order valence-corrected chi connectivity index (χ2v) is 4.79. The standard InChI is InChI=1S/C13H17N3O2/c1-7(2)10-6-14-9(4)16-11(5-12(17)18)8(3)15-13(10)16/h6-7H,5H2,1-4H3,(H,17,18). The van der Waals surface area contributed by atoms with E-state index in [1.54, 1.807) is 0 Å². The van der Waals surface area contributed by atoms with E-state index in [0.29, 0.717) is 11.6 Å². The molecule has 0 atom stereocenters. The minimum atomic E-state index is -0.853. The van der Waals surface area contributed by atoms with Crippen LogP contribution in [0.2, 0.25) is 0 Å². The van der Waals surface area contributed by atoms with E-state index in [1.807, 2.05) is 24.4 Å². The summed E-state index contributed by atoms with van der Waals surface area (Å²) in [5.41, 5.74) is 3.34. The van der Waals surface area contributed by atoms with Crippen molar-refractivity contribution in [3.05, 3.63) is 29.0 Å². The molecule has 0 amide bonds. The van der Waals surface area contributed by atoms with Crippen LogP contribution in [0, 0.1) is 13.8 Å². The maximum absolute atomic E-state index is 10.9. The molecule has 5 nitrogen and oxygen atoms in total. The molecule has 5 heteroatoms. The highest BCUT2D eigenvalue weighted by atomic mass is 16.4. The van der Waals surface area contributed by atoms with Gasteiger partial charge in [-0.2, -0.15) is 0 Å². The summed E-state index contributed by atoms with van der Waals surface area (Å²) in [6.45, 7) is 7.86. The number of imidazole rings is 1. The Hall–Kier alpha value is -1.91. The van der Waals surface area contributed by atoms with Crippen molar-refractivity contribution >= 4 is 11.6 Å². The largest absolute Gasteiger partial charge is 0.481 e. The fourth-order valence-corrected chi connectivity index (χ4v) is 2.14. The van der Waals surface area contributed by atoms with Crippen molar-refractivity contribution in [1.82, 2.24) is 14.4 Å². The zero-order valence-electron chi connectivity index (χ0n) is 11.1. The van der Waals surface area contributed by atoms with Gasteiger partial charge in [-0.3, -0.25) is 9.20 Å².